The van der Waals surface area contributed by atoms with E-state index in [1.165, 1.54) is 12.1 Å². The highest BCUT2D eigenvalue weighted by molar-refractivity contribution is 5.70. The maximum absolute atomic E-state index is 12.7. The Hall–Kier alpha value is -2.28. The smallest absolute Gasteiger partial charge is 0.384 e. The number of hydrogen-bond acceptors (Lipinski definition) is 4. The number of anilines is 2. The van der Waals surface area contributed by atoms with Gasteiger partial charge >= 0.3 is 6.18 Å². The number of halogens is 3. The topological polar surface area (TPSA) is 60.2 Å². The molecule has 1 aliphatic heterocycles. The zero-order valence-corrected chi connectivity index (χ0v) is 12.9. The Morgan fingerprint density at radius 3 is 2.33 bits per heavy atom. The maximum atomic E-state index is 12.7. The van der Waals surface area contributed by atoms with Gasteiger partial charge in [0, 0.05) is 19.3 Å². The Morgan fingerprint density at radius 2 is 1.71 bits per heavy atom. The molecule has 1 aromatic heterocycles. The van der Waals surface area contributed by atoms with Crippen LogP contribution in [0.1, 0.15) is 18.4 Å². The number of ether oxygens (including phenoxy) is 1. The third-order valence-electron chi connectivity index (χ3n) is 3.96. The summed E-state index contributed by atoms with van der Waals surface area (Å²) in [6.45, 7) is 1.40. The van der Waals surface area contributed by atoms with Crippen molar-refractivity contribution in [3.63, 3.8) is 0 Å². The van der Waals surface area contributed by atoms with Gasteiger partial charge in [0.05, 0.1) is 5.56 Å². The molecule has 0 atom stereocenters. The molecular weight excluding hydrogens is 319 g/mol. The molecule has 1 aromatic carbocycles. The lowest BCUT2D eigenvalue weighted by atomic mass is 10.0. The van der Waals surface area contributed by atoms with E-state index in [1.54, 1.807) is 12.1 Å². The number of pyridine rings is 1. The van der Waals surface area contributed by atoms with Gasteiger partial charge in [0.25, 0.3) is 0 Å². The lowest BCUT2D eigenvalue weighted by Gasteiger charge is -2.24. The number of alkyl halides is 3. The van der Waals surface area contributed by atoms with Crippen LogP contribution >= 0.6 is 0 Å². The number of hydrogen-bond donors (Lipinski definition) is 2. The van der Waals surface area contributed by atoms with E-state index in [1.807, 2.05) is 0 Å². The van der Waals surface area contributed by atoms with E-state index >= 15 is 0 Å². The second-order valence-electron chi connectivity index (χ2n) is 5.77. The number of rotatable bonds is 3. The molecule has 0 bridgehead atoms. The number of nitrogens with two attached hydrogens (primary N) is 1. The summed E-state index contributed by atoms with van der Waals surface area (Å²) in [5, 5.41) is 3.32. The summed E-state index contributed by atoms with van der Waals surface area (Å²) in [5.41, 5.74) is 6.56. The molecule has 3 rings (SSSR count). The molecule has 4 nitrogen and oxygen atoms in total. The molecule has 24 heavy (non-hydrogen) atoms. The normalized spacial score (nSPS) is 16.1. The third-order valence-corrected chi connectivity index (χ3v) is 3.96. The minimum atomic E-state index is -4.34. The predicted octanol–water partition coefficient (Wildman–Crippen LogP) is 3.94. The number of nitrogens with zero attached hydrogens (tertiary/aromatic N) is 1. The molecular formula is C17H18F3N3O. The van der Waals surface area contributed by atoms with Gasteiger partial charge in [-0.3, -0.25) is 0 Å². The highest BCUT2D eigenvalue weighted by atomic mass is 19.4. The standard InChI is InChI=1S/C17H18F3N3O/c18-17(19,20)13-3-1-11(2-4-13)12-9-15(21)23-16(10-12)22-14-5-7-24-8-6-14/h1-4,9-10,14H,5-8H2,(H3,21,22,23). The molecule has 0 amide bonds. The van der Waals surface area contributed by atoms with Crippen molar-refractivity contribution in [2.24, 2.45) is 0 Å². The maximum Gasteiger partial charge on any atom is 0.416 e. The summed E-state index contributed by atoms with van der Waals surface area (Å²) in [6, 6.07) is 8.72. The molecule has 0 spiro atoms. The van der Waals surface area contributed by atoms with E-state index in [4.69, 9.17) is 10.5 Å². The molecule has 0 radical (unpaired) electrons. The first-order chi connectivity index (χ1) is 11.4. The van der Waals surface area contributed by atoms with Crippen molar-refractivity contribution < 1.29 is 17.9 Å². The van der Waals surface area contributed by atoms with Crippen molar-refractivity contribution in [3.8, 4) is 11.1 Å². The third kappa shape index (κ3) is 3.97. The van der Waals surface area contributed by atoms with Crippen LogP contribution in [0.5, 0.6) is 0 Å². The van der Waals surface area contributed by atoms with Crippen LogP contribution in [-0.4, -0.2) is 24.2 Å². The minimum Gasteiger partial charge on any atom is -0.384 e. The van der Waals surface area contributed by atoms with Gasteiger partial charge in [-0.05, 0) is 48.2 Å². The Kier molecular flexibility index (Phi) is 4.62. The van der Waals surface area contributed by atoms with Crippen molar-refractivity contribution in [1.29, 1.82) is 0 Å². The minimum absolute atomic E-state index is 0.258. The van der Waals surface area contributed by atoms with Crippen molar-refractivity contribution >= 4 is 11.6 Å². The SMILES string of the molecule is Nc1cc(-c2ccc(C(F)(F)F)cc2)cc(NC2CCOCC2)n1. The highest BCUT2D eigenvalue weighted by Crippen LogP contribution is 2.32. The van der Waals surface area contributed by atoms with Gasteiger partial charge in [0.15, 0.2) is 0 Å². The molecule has 128 valence electrons. The van der Waals surface area contributed by atoms with Crippen LogP contribution < -0.4 is 11.1 Å². The van der Waals surface area contributed by atoms with Gasteiger partial charge in [-0.1, -0.05) is 12.1 Å². The van der Waals surface area contributed by atoms with E-state index < -0.39 is 11.7 Å². The molecule has 0 aliphatic carbocycles. The molecule has 1 saturated heterocycles. The van der Waals surface area contributed by atoms with Crippen molar-refractivity contribution in [2.45, 2.75) is 25.1 Å². The van der Waals surface area contributed by atoms with Crippen LogP contribution in [0.2, 0.25) is 0 Å². The van der Waals surface area contributed by atoms with Crippen LogP contribution in [0.3, 0.4) is 0 Å². The fourth-order valence-corrected chi connectivity index (χ4v) is 2.70. The fraction of sp³-hybridized carbons (Fsp3) is 0.353. The largest absolute Gasteiger partial charge is 0.416 e. The summed E-state index contributed by atoms with van der Waals surface area (Å²) in [7, 11) is 0. The van der Waals surface area contributed by atoms with Gasteiger partial charge in [-0.25, -0.2) is 4.98 Å². The van der Waals surface area contributed by atoms with Gasteiger partial charge in [0.1, 0.15) is 11.6 Å². The second kappa shape index (κ2) is 6.68. The van der Waals surface area contributed by atoms with Crippen LogP contribution in [-0.2, 0) is 10.9 Å². The Morgan fingerprint density at radius 1 is 1.04 bits per heavy atom. The summed E-state index contributed by atoms with van der Waals surface area (Å²) in [5.74, 6) is 0.943. The molecule has 1 fully saturated rings. The quantitative estimate of drug-likeness (QED) is 0.891. The average Bonchev–Trinajstić information content (AvgIpc) is 2.54. The Balaban J connectivity index is 1.82. The highest BCUT2D eigenvalue weighted by Gasteiger charge is 2.30. The van der Waals surface area contributed by atoms with Crippen molar-refractivity contribution in [1.82, 2.24) is 4.98 Å². The van der Waals surface area contributed by atoms with Gasteiger partial charge in [0.2, 0.25) is 0 Å². The predicted molar refractivity (Wildman–Crippen MR) is 86.6 cm³/mol. The van der Waals surface area contributed by atoms with Gasteiger partial charge < -0.3 is 15.8 Å². The lowest BCUT2D eigenvalue weighted by Crippen LogP contribution is -2.28. The van der Waals surface area contributed by atoms with Crippen LogP contribution in [0, 0.1) is 0 Å². The summed E-state index contributed by atoms with van der Waals surface area (Å²) in [4.78, 5) is 4.26. The van der Waals surface area contributed by atoms with Crippen LogP contribution in [0.4, 0.5) is 24.8 Å². The zero-order chi connectivity index (χ0) is 17.2. The number of nitrogens with one attached hydrogen (secondary N) is 1. The molecule has 7 heteroatoms. The lowest BCUT2D eigenvalue weighted by molar-refractivity contribution is -0.137. The molecule has 2 heterocycles. The summed E-state index contributed by atoms with van der Waals surface area (Å²) < 4.78 is 43.3. The van der Waals surface area contributed by atoms with E-state index in [9.17, 15) is 13.2 Å². The second-order valence-corrected chi connectivity index (χ2v) is 5.77. The zero-order valence-electron chi connectivity index (χ0n) is 12.9. The Labute approximate surface area is 137 Å². The Bertz CT molecular complexity index is 695. The fourth-order valence-electron chi connectivity index (χ4n) is 2.70. The first kappa shape index (κ1) is 16.6. The molecule has 2 aromatic rings. The summed E-state index contributed by atoms with van der Waals surface area (Å²) in [6.07, 6.45) is -2.58. The monoisotopic (exact) mass is 337 g/mol. The molecule has 0 unspecified atom stereocenters. The molecule has 3 N–H and O–H groups in total. The van der Waals surface area contributed by atoms with Crippen LogP contribution in [0.15, 0.2) is 36.4 Å². The first-order valence-electron chi connectivity index (χ1n) is 7.71. The van der Waals surface area contributed by atoms with E-state index in [2.05, 4.69) is 10.3 Å². The summed E-state index contributed by atoms with van der Waals surface area (Å²) >= 11 is 0. The van der Waals surface area contributed by atoms with Gasteiger partial charge in [-0.15, -0.1) is 0 Å². The van der Waals surface area contributed by atoms with Gasteiger partial charge in [-0.2, -0.15) is 13.2 Å². The number of aromatic nitrogens is 1. The van der Waals surface area contributed by atoms with Crippen LogP contribution in [0.25, 0.3) is 11.1 Å². The van der Waals surface area contributed by atoms with Crippen molar-refractivity contribution in [3.05, 3.63) is 42.0 Å². The number of nitrogen functional groups attached to an aromatic ring is 1. The van der Waals surface area contributed by atoms with E-state index in [0.717, 1.165) is 30.5 Å². The molecule has 0 saturated carbocycles. The molecule has 1 aliphatic rings. The average molecular weight is 337 g/mol. The first-order valence-corrected chi connectivity index (χ1v) is 7.71. The van der Waals surface area contributed by atoms with E-state index in [-0.39, 0.29) is 6.04 Å². The van der Waals surface area contributed by atoms with Crippen molar-refractivity contribution in [2.75, 3.05) is 24.3 Å². The van der Waals surface area contributed by atoms with E-state index in [0.29, 0.717) is 30.4 Å². The number of benzene rings is 1.